The highest BCUT2D eigenvalue weighted by molar-refractivity contribution is 5.76. The van der Waals surface area contributed by atoms with Crippen LogP contribution in [0.4, 0.5) is 0 Å². The average Bonchev–Trinajstić information content (AvgIpc) is 2.91. The number of aromatic nitrogens is 3. The van der Waals surface area contributed by atoms with Gasteiger partial charge in [0, 0.05) is 25.1 Å². The first-order valence-electron chi connectivity index (χ1n) is 7.56. The molecule has 1 aliphatic heterocycles. The van der Waals surface area contributed by atoms with Crippen molar-refractivity contribution in [1.82, 2.24) is 20.3 Å². The number of carbonyl (C=O) groups is 1. The number of nitrogens with one attached hydrogen (secondary N) is 1. The molecule has 0 aliphatic carbocycles. The van der Waals surface area contributed by atoms with Crippen LogP contribution in [0, 0.1) is 5.92 Å². The summed E-state index contributed by atoms with van der Waals surface area (Å²) in [7, 11) is 1.65. The molecular formula is C16H20N4O2. The van der Waals surface area contributed by atoms with E-state index in [1.54, 1.807) is 7.11 Å². The Kier molecular flexibility index (Phi) is 4.37. The molecule has 6 heteroatoms. The minimum Gasteiger partial charge on any atom is -0.496 e. The van der Waals surface area contributed by atoms with Gasteiger partial charge in [-0.3, -0.25) is 9.48 Å². The minimum absolute atomic E-state index is 0.149. The van der Waals surface area contributed by atoms with Gasteiger partial charge in [0.25, 0.3) is 0 Å². The van der Waals surface area contributed by atoms with E-state index in [2.05, 4.69) is 15.6 Å². The summed E-state index contributed by atoms with van der Waals surface area (Å²) in [5.41, 5.74) is 1.74. The van der Waals surface area contributed by atoms with E-state index in [9.17, 15) is 4.79 Å². The van der Waals surface area contributed by atoms with Crippen molar-refractivity contribution in [3.8, 4) is 17.0 Å². The second-order valence-corrected chi connectivity index (χ2v) is 5.57. The summed E-state index contributed by atoms with van der Waals surface area (Å²) in [5.74, 6) is 1.39. The van der Waals surface area contributed by atoms with Gasteiger partial charge >= 0.3 is 0 Å². The van der Waals surface area contributed by atoms with Crippen molar-refractivity contribution >= 4 is 5.91 Å². The fraction of sp³-hybridized carbons (Fsp3) is 0.438. The largest absolute Gasteiger partial charge is 0.496 e. The van der Waals surface area contributed by atoms with E-state index < -0.39 is 0 Å². The van der Waals surface area contributed by atoms with Crippen LogP contribution in [0.5, 0.6) is 5.75 Å². The summed E-state index contributed by atoms with van der Waals surface area (Å²) in [6, 6.07) is 7.78. The number of methoxy groups -OCH3 is 1. The molecule has 1 fully saturated rings. The monoisotopic (exact) mass is 300 g/mol. The topological polar surface area (TPSA) is 69.0 Å². The maximum absolute atomic E-state index is 11.4. The van der Waals surface area contributed by atoms with Crippen LogP contribution in [-0.4, -0.2) is 34.6 Å². The van der Waals surface area contributed by atoms with Gasteiger partial charge in [-0.15, -0.1) is 5.10 Å². The van der Waals surface area contributed by atoms with Gasteiger partial charge in [0.05, 0.1) is 13.3 Å². The number of ether oxygens (including phenoxy) is 1. The predicted octanol–water partition coefficient (Wildman–Crippen LogP) is 1.87. The lowest BCUT2D eigenvalue weighted by atomic mass is 10.0. The molecule has 1 aromatic heterocycles. The summed E-state index contributed by atoms with van der Waals surface area (Å²) >= 11 is 0. The second-order valence-electron chi connectivity index (χ2n) is 5.57. The van der Waals surface area contributed by atoms with Crippen molar-refractivity contribution in [2.75, 3.05) is 13.7 Å². The number of carbonyl (C=O) groups excluding carboxylic acids is 1. The van der Waals surface area contributed by atoms with E-state index in [1.807, 2.05) is 35.1 Å². The molecule has 0 bridgehead atoms. The second kappa shape index (κ2) is 6.60. The van der Waals surface area contributed by atoms with Crippen molar-refractivity contribution in [3.63, 3.8) is 0 Å². The van der Waals surface area contributed by atoms with Crippen LogP contribution in [0.1, 0.15) is 19.3 Å². The lowest BCUT2D eigenvalue weighted by Crippen LogP contribution is -2.21. The van der Waals surface area contributed by atoms with Crippen LogP contribution in [0.25, 0.3) is 11.3 Å². The number of hydrogen-bond acceptors (Lipinski definition) is 4. The molecule has 1 saturated heterocycles. The summed E-state index contributed by atoms with van der Waals surface area (Å²) in [5, 5.41) is 11.4. The Morgan fingerprint density at radius 2 is 2.23 bits per heavy atom. The molecule has 2 heterocycles. The summed E-state index contributed by atoms with van der Waals surface area (Å²) < 4.78 is 7.23. The molecule has 22 heavy (non-hydrogen) atoms. The molecular weight excluding hydrogens is 280 g/mol. The number of nitrogens with zero attached hydrogens (tertiary/aromatic N) is 3. The SMILES string of the molecule is COc1ccccc1-c1cn(CC2CCNC(=O)CC2)nn1. The van der Waals surface area contributed by atoms with Gasteiger partial charge in [0.1, 0.15) is 11.4 Å². The number of para-hydroxylation sites is 1. The fourth-order valence-electron chi connectivity index (χ4n) is 2.80. The Hall–Kier alpha value is -2.37. The summed E-state index contributed by atoms with van der Waals surface area (Å²) in [6.45, 7) is 1.54. The maximum Gasteiger partial charge on any atom is 0.220 e. The zero-order valence-electron chi connectivity index (χ0n) is 12.7. The molecule has 3 rings (SSSR count). The molecule has 2 aromatic rings. The quantitative estimate of drug-likeness (QED) is 0.936. The van der Waals surface area contributed by atoms with Crippen molar-refractivity contribution in [1.29, 1.82) is 0 Å². The Morgan fingerprint density at radius 1 is 1.36 bits per heavy atom. The zero-order valence-corrected chi connectivity index (χ0v) is 12.7. The van der Waals surface area contributed by atoms with E-state index in [4.69, 9.17) is 4.74 Å². The molecule has 1 N–H and O–H groups in total. The van der Waals surface area contributed by atoms with E-state index in [-0.39, 0.29) is 5.91 Å². The molecule has 1 aliphatic rings. The van der Waals surface area contributed by atoms with Gasteiger partial charge in [-0.2, -0.15) is 0 Å². The Bertz CT molecular complexity index is 653. The van der Waals surface area contributed by atoms with Crippen LogP contribution >= 0.6 is 0 Å². The van der Waals surface area contributed by atoms with E-state index >= 15 is 0 Å². The lowest BCUT2D eigenvalue weighted by Gasteiger charge is -2.12. The van der Waals surface area contributed by atoms with Crippen LogP contribution in [0.2, 0.25) is 0 Å². The van der Waals surface area contributed by atoms with Gasteiger partial charge in [-0.1, -0.05) is 17.3 Å². The smallest absolute Gasteiger partial charge is 0.220 e. The first kappa shape index (κ1) is 14.6. The summed E-state index contributed by atoms with van der Waals surface area (Å²) in [6.07, 6.45) is 4.42. The van der Waals surface area contributed by atoms with Crippen molar-refractivity contribution in [2.24, 2.45) is 5.92 Å². The number of hydrogen-bond donors (Lipinski definition) is 1. The van der Waals surface area contributed by atoms with Crippen LogP contribution in [-0.2, 0) is 11.3 Å². The van der Waals surface area contributed by atoms with Crippen molar-refractivity contribution < 1.29 is 9.53 Å². The highest BCUT2D eigenvalue weighted by Crippen LogP contribution is 2.27. The van der Waals surface area contributed by atoms with Gasteiger partial charge < -0.3 is 10.1 Å². The third kappa shape index (κ3) is 3.27. The highest BCUT2D eigenvalue weighted by atomic mass is 16.5. The molecule has 116 valence electrons. The van der Waals surface area contributed by atoms with Gasteiger partial charge in [0.15, 0.2) is 0 Å². The number of benzene rings is 1. The summed E-state index contributed by atoms with van der Waals surface area (Å²) in [4.78, 5) is 11.4. The molecule has 1 aromatic carbocycles. The third-order valence-electron chi connectivity index (χ3n) is 4.02. The molecule has 1 atom stereocenters. The highest BCUT2D eigenvalue weighted by Gasteiger charge is 2.17. The van der Waals surface area contributed by atoms with Crippen LogP contribution in [0.3, 0.4) is 0 Å². The number of amides is 1. The molecule has 1 unspecified atom stereocenters. The molecule has 0 radical (unpaired) electrons. The lowest BCUT2D eigenvalue weighted by molar-refractivity contribution is -0.120. The van der Waals surface area contributed by atoms with E-state index in [0.717, 1.165) is 42.9 Å². The molecule has 6 nitrogen and oxygen atoms in total. The first-order valence-corrected chi connectivity index (χ1v) is 7.56. The molecule has 0 saturated carbocycles. The van der Waals surface area contributed by atoms with Crippen LogP contribution in [0.15, 0.2) is 30.5 Å². The third-order valence-corrected chi connectivity index (χ3v) is 4.02. The van der Waals surface area contributed by atoms with Gasteiger partial charge in [-0.05, 0) is 30.9 Å². The average molecular weight is 300 g/mol. The molecule has 1 amide bonds. The Labute approximate surface area is 129 Å². The van der Waals surface area contributed by atoms with E-state index in [1.165, 1.54) is 0 Å². The van der Waals surface area contributed by atoms with Gasteiger partial charge in [-0.25, -0.2) is 0 Å². The first-order chi connectivity index (χ1) is 10.8. The van der Waals surface area contributed by atoms with Crippen molar-refractivity contribution in [2.45, 2.75) is 25.8 Å². The fourth-order valence-corrected chi connectivity index (χ4v) is 2.80. The Morgan fingerprint density at radius 3 is 3.09 bits per heavy atom. The molecule has 0 spiro atoms. The maximum atomic E-state index is 11.4. The van der Waals surface area contributed by atoms with Gasteiger partial charge in [0.2, 0.25) is 5.91 Å². The number of rotatable bonds is 4. The minimum atomic E-state index is 0.149. The zero-order chi connectivity index (χ0) is 15.4. The Balaban J connectivity index is 1.72. The normalized spacial score (nSPS) is 18.6. The van der Waals surface area contributed by atoms with Crippen LogP contribution < -0.4 is 10.1 Å². The van der Waals surface area contributed by atoms with Crippen molar-refractivity contribution in [3.05, 3.63) is 30.5 Å². The standard InChI is InChI=1S/C16H20N4O2/c1-22-15-5-3-2-4-13(15)14-11-20(19-18-14)10-12-6-7-16(21)17-9-8-12/h2-5,11-12H,6-10H2,1H3,(H,17,21). The van der Waals surface area contributed by atoms with E-state index in [0.29, 0.717) is 12.3 Å². The predicted molar refractivity (Wildman–Crippen MR) is 82.4 cm³/mol.